The highest BCUT2D eigenvalue weighted by atomic mass is 16.7. The number of rotatable bonds is 6. The summed E-state index contributed by atoms with van der Waals surface area (Å²) in [5, 5.41) is 2.39. The fourth-order valence-electron chi connectivity index (χ4n) is 2.89. The van der Waals surface area contributed by atoms with Gasteiger partial charge in [-0.3, -0.25) is 4.79 Å². The number of carbonyl (C=O) groups excluding carboxylic acids is 2. The SMILES string of the molecule is CC(Cc1ccccc1C1(C)OCCO1)OC(=O)CNC(=O)OC(C)(C)C. The van der Waals surface area contributed by atoms with Gasteiger partial charge in [0.1, 0.15) is 18.2 Å². The lowest BCUT2D eigenvalue weighted by atomic mass is 9.96. The molecule has 1 aliphatic heterocycles. The minimum Gasteiger partial charge on any atom is -0.461 e. The predicted octanol–water partition coefficient (Wildman–Crippen LogP) is 2.91. The molecule has 1 atom stereocenters. The molecule has 0 spiro atoms. The first-order valence-corrected chi connectivity index (χ1v) is 9.12. The minimum absolute atomic E-state index is 0.245. The van der Waals surface area contributed by atoms with Crippen molar-refractivity contribution in [3.63, 3.8) is 0 Å². The Morgan fingerprint density at radius 2 is 1.85 bits per heavy atom. The Morgan fingerprint density at radius 1 is 1.22 bits per heavy atom. The van der Waals surface area contributed by atoms with Crippen molar-refractivity contribution in [3.8, 4) is 0 Å². The summed E-state index contributed by atoms with van der Waals surface area (Å²) < 4.78 is 22.0. The van der Waals surface area contributed by atoms with Crippen LogP contribution in [0.4, 0.5) is 4.79 Å². The van der Waals surface area contributed by atoms with Gasteiger partial charge < -0.3 is 24.3 Å². The van der Waals surface area contributed by atoms with Crippen LogP contribution in [0.3, 0.4) is 0 Å². The van der Waals surface area contributed by atoms with Gasteiger partial charge >= 0.3 is 12.1 Å². The summed E-state index contributed by atoms with van der Waals surface area (Å²) in [7, 11) is 0. The molecule has 1 heterocycles. The maximum Gasteiger partial charge on any atom is 0.408 e. The van der Waals surface area contributed by atoms with Gasteiger partial charge in [0.2, 0.25) is 0 Å². The molecule has 27 heavy (non-hydrogen) atoms. The van der Waals surface area contributed by atoms with E-state index in [0.717, 1.165) is 11.1 Å². The van der Waals surface area contributed by atoms with Crippen molar-refractivity contribution in [1.82, 2.24) is 5.32 Å². The van der Waals surface area contributed by atoms with Gasteiger partial charge in [-0.2, -0.15) is 0 Å². The Morgan fingerprint density at radius 3 is 2.48 bits per heavy atom. The van der Waals surface area contributed by atoms with Crippen LogP contribution in [0, 0.1) is 0 Å². The van der Waals surface area contributed by atoms with Gasteiger partial charge in [0.25, 0.3) is 0 Å². The molecule has 0 aromatic heterocycles. The van der Waals surface area contributed by atoms with Crippen LogP contribution in [0.25, 0.3) is 0 Å². The Kier molecular flexibility index (Phi) is 6.84. The molecule has 7 nitrogen and oxygen atoms in total. The van der Waals surface area contributed by atoms with Crippen LogP contribution in [-0.4, -0.2) is 43.5 Å². The van der Waals surface area contributed by atoms with Crippen molar-refractivity contribution in [2.45, 2.75) is 58.5 Å². The fraction of sp³-hybridized carbons (Fsp3) is 0.600. The van der Waals surface area contributed by atoms with Crippen molar-refractivity contribution in [1.29, 1.82) is 0 Å². The zero-order valence-electron chi connectivity index (χ0n) is 16.7. The zero-order chi connectivity index (χ0) is 20.1. The highest BCUT2D eigenvalue weighted by molar-refractivity contribution is 5.78. The van der Waals surface area contributed by atoms with E-state index in [9.17, 15) is 9.59 Å². The average molecular weight is 379 g/mol. The molecule has 1 aromatic carbocycles. The predicted molar refractivity (Wildman–Crippen MR) is 99.2 cm³/mol. The van der Waals surface area contributed by atoms with Gasteiger partial charge in [0.05, 0.1) is 13.2 Å². The van der Waals surface area contributed by atoms with Crippen molar-refractivity contribution in [3.05, 3.63) is 35.4 Å². The van der Waals surface area contributed by atoms with E-state index in [1.54, 1.807) is 27.7 Å². The third-order valence-electron chi connectivity index (χ3n) is 3.96. The Balaban J connectivity index is 1.88. The van der Waals surface area contributed by atoms with Gasteiger partial charge in [0.15, 0.2) is 5.79 Å². The van der Waals surface area contributed by atoms with Crippen molar-refractivity contribution >= 4 is 12.1 Å². The van der Waals surface area contributed by atoms with E-state index in [0.29, 0.717) is 19.6 Å². The first-order valence-electron chi connectivity index (χ1n) is 9.12. The molecule has 150 valence electrons. The molecule has 0 saturated carbocycles. The molecule has 7 heteroatoms. The fourth-order valence-corrected chi connectivity index (χ4v) is 2.89. The van der Waals surface area contributed by atoms with Gasteiger partial charge in [-0.25, -0.2) is 4.79 Å². The summed E-state index contributed by atoms with van der Waals surface area (Å²) in [6.45, 7) is 9.80. The van der Waals surface area contributed by atoms with Crippen molar-refractivity contribution < 1.29 is 28.5 Å². The highest BCUT2D eigenvalue weighted by Gasteiger charge is 2.35. The van der Waals surface area contributed by atoms with Gasteiger partial charge in [-0.15, -0.1) is 0 Å². The summed E-state index contributed by atoms with van der Waals surface area (Å²) in [4.78, 5) is 23.6. The molecule has 1 amide bonds. The molecule has 1 fully saturated rings. The van der Waals surface area contributed by atoms with Crippen LogP contribution in [0.2, 0.25) is 0 Å². The van der Waals surface area contributed by atoms with Crippen LogP contribution in [0.5, 0.6) is 0 Å². The van der Waals surface area contributed by atoms with Crippen LogP contribution < -0.4 is 5.32 Å². The lowest BCUT2D eigenvalue weighted by Crippen LogP contribution is -2.37. The van der Waals surface area contributed by atoms with Crippen LogP contribution in [0.1, 0.15) is 45.7 Å². The normalized spacial score (nSPS) is 17.2. The lowest BCUT2D eigenvalue weighted by molar-refractivity contribution is -0.150. The van der Waals surface area contributed by atoms with E-state index < -0.39 is 23.5 Å². The number of amides is 1. The third-order valence-corrected chi connectivity index (χ3v) is 3.96. The van der Waals surface area contributed by atoms with Crippen LogP contribution in [-0.2, 0) is 35.9 Å². The first-order chi connectivity index (χ1) is 12.6. The number of esters is 1. The monoisotopic (exact) mass is 379 g/mol. The molecular weight excluding hydrogens is 350 g/mol. The average Bonchev–Trinajstić information content (AvgIpc) is 2.99. The highest BCUT2D eigenvalue weighted by Crippen LogP contribution is 2.33. The number of alkyl carbamates (subject to hydrolysis) is 1. The number of benzene rings is 1. The van der Waals surface area contributed by atoms with Crippen molar-refractivity contribution in [2.75, 3.05) is 19.8 Å². The zero-order valence-corrected chi connectivity index (χ0v) is 16.7. The summed E-state index contributed by atoms with van der Waals surface area (Å²) in [5.41, 5.74) is 1.30. The molecule has 0 radical (unpaired) electrons. The number of carbonyl (C=O) groups is 2. The van der Waals surface area contributed by atoms with E-state index in [2.05, 4.69) is 5.32 Å². The second-order valence-corrected chi connectivity index (χ2v) is 7.66. The molecule has 1 N–H and O–H groups in total. The van der Waals surface area contributed by atoms with Gasteiger partial charge in [0, 0.05) is 12.0 Å². The molecule has 0 bridgehead atoms. The second kappa shape index (κ2) is 8.71. The maximum absolute atomic E-state index is 12.0. The second-order valence-electron chi connectivity index (χ2n) is 7.66. The standard InChI is InChI=1S/C20H29NO6/c1-14(26-17(22)13-21-18(23)27-19(2,3)4)12-15-8-6-7-9-16(15)20(5)24-10-11-25-20/h6-9,14H,10-13H2,1-5H3,(H,21,23). The smallest absolute Gasteiger partial charge is 0.408 e. The summed E-state index contributed by atoms with van der Waals surface area (Å²) >= 11 is 0. The van der Waals surface area contributed by atoms with Gasteiger partial charge in [-0.1, -0.05) is 24.3 Å². The molecule has 1 aromatic rings. The molecular formula is C20H29NO6. The Hall–Kier alpha value is -2.12. The van der Waals surface area contributed by atoms with E-state index >= 15 is 0 Å². The topological polar surface area (TPSA) is 83.1 Å². The summed E-state index contributed by atoms with van der Waals surface area (Å²) in [5.74, 6) is -1.30. The van der Waals surface area contributed by atoms with Crippen molar-refractivity contribution in [2.24, 2.45) is 0 Å². The Labute approximate surface area is 160 Å². The lowest BCUT2D eigenvalue weighted by Gasteiger charge is -2.26. The number of hydrogen-bond acceptors (Lipinski definition) is 6. The summed E-state index contributed by atoms with van der Waals surface area (Å²) in [6.07, 6.45) is -0.513. The molecule has 1 aliphatic rings. The first kappa shape index (κ1) is 21.2. The van der Waals surface area contributed by atoms with Crippen LogP contribution in [0.15, 0.2) is 24.3 Å². The van der Waals surface area contributed by atoms with Crippen LogP contribution >= 0.6 is 0 Å². The molecule has 0 aliphatic carbocycles. The van der Waals surface area contributed by atoms with E-state index in [1.807, 2.05) is 31.2 Å². The van der Waals surface area contributed by atoms with E-state index in [4.69, 9.17) is 18.9 Å². The molecule has 1 saturated heterocycles. The number of hydrogen-bond donors (Lipinski definition) is 1. The minimum atomic E-state index is -0.779. The van der Waals surface area contributed by atoms with E-state index in [1.165, 1.54) is 0 Å². The Bertz CT molecular complexity index is 661. The van der Waals surface area contributed by atoms with E-state index in [-0.39, 0.29) is 12.6 Å². The number of nitrogens with one attached hydrogen (secondary N) is 1. The largest absolute Gasteiger partial charge is 0.461 e. The molecule has 1 unspecified atom stereocenters. The quantitative estimate of drug-likeness (QED) is 0.765. The summed E-state index contributed by atoms with van der Waals surface area (Å²) in [6, 6.07) is 7.78. The third kappa shape index (κ3) is 6.52. The van der Waals surface area contributed by atoms with Gasteiger partial charge in [-0.05, 0) is 40.2 Å². The maximum atomic E-state index is 12.0. The molecule has 2 rings (SSSR count). The number of ether oxygens (including phenoxy) is 4.